The van der Waals surface area contributed by atoms with E-state index in [9.17, 15) is 0 Å². The first kappa shape index (κ1) is 19.2. The van der Waals surface area contributed by atoms with Gasteiger partial charge in [0.25, 0.3) is 0 Å². The monoisotopic (exact) mass is 344 g/mol. The van der Waals surface area contributed by atoms with E-state index >= 15 is 0 Å². The van der Waals surface area contributed by atoms with Crippen LogP contribution in [0.5, 0.6) is 0 Å². The highest BCUT2D eigenvalue weighted by molar-refractivity contribution is 6.70. The SMILES string of the molecule is CC(C)[Si](OC/C=C/c1ccccc1)(OC/C=C/C1CC1)C(C)C. The maximum Gasteiger partial charge on any atom is 0.343 e. The molecule has 1 aliphatic carbocycles. The Balaban J connectivity index is 1.92. The van der Waals surface area contributed by atoms with Gasteiger partial charge in [-0.2, -0.15) is 0 Å². The molecule has 0 N–H and O–H groups in total. The smallest absolute Gasteiger partial charge is 0.343 e. The van der Waals surface area contributed by atoms with Gasteiger partial charge in [0.15, 0.2) is 0 Å². The molecule has 0 radical (unpaired) electrons. The lowest BCUT2D eigenvalue weighted by Crippen LogP contribution is -2.48. The topological polar surface area (TPSA) is 18.5 Å². The highest BCUT2D eigenvalue weighted by Crippen LogP contribution is 2.35. The zero-order valence-electron chi connectivity index (χ0n) is 15.6. The first-order chi connectivity index (χ1) is 11.5. The predicted molar refractivity (Wildman–Crippen MR) is 105 cm³/mol. The van der Waals surface area contributed by atoms with Crippen molar-refractivity contribution in [3.05, 3.63) is 54.1 Å². The van der Waals surface area contributed by atoms with Gasteiger partial charge in [-0.3, -0.25) is 0 Å². The van der Waals surface area contributed by atoms with E-state index in [-0.39, 0.29) is 0 Å². The van der Waals surface area contributed by atoms with Crippen molar-refractivity contribution in [1.29, 1.82) is 0 Å². The van der Waals surface area contributed by atoms with Crippen molar-refractivity contribution in [3.63, 3.8) is 0 Å². The second-order valence-corrected chi connectivity index (χ2v) is 11.6. The molecule has 0 aliphatic heterocycles. The summed E-state index contributed by atoms with van der Waals surface area (Å²) in [6.07, 6.45) is 11.4. The Morgan fingerprint density at radius 2 is 1.54 bits per heavy atom. The van der Waals surface area contributed by atoms with E-state index < -0.39 is 8.56 Å². The molecule has 1 aromatic rings. The Labute approximate surface area is 148 Å². The van der Waals surface area contributed by atoms with Gasteiger partial charge >= 0.3 is 8.56 Å². The van der Waals surface area contributed by atoms with Crippen LogP contribution < -0.4 is 0 Å². The zero-order valence-corrected chi connectivity index (χ0v) is 16.6. The lowest BCUT2D eigenvalue weighted by atomic mass is 10.2. The molecule has 3 heteroatoms. The Bertz CT molecular complexity index is 522. The molecule has 1 aliphatic rings. The van der Waals surface area contributed by atoms with E-state index in [2.05, 4.69) is 76.3 Å². The first-order valence-electron chi connectivity index (χ1n) is 9.20. The molecule has 0 amide bonds. The van der Waals surface area contributed by atoms with Gasteiger partial charge in [0, 0.05) is 0 Å². The minimum absolute atomic E-state index is 0.428. The summed E-state index contributed by atoms with van der Waals surface area (Å²) in [5.41, 5.74) is 2.06. The van der Waals surface area contributed by atoms with E-state index in [0.29, 0.717) is 24.3 Å². The minimum Gasteiger partial charge on any atom is -0.390 e. The third kappa shape index (κ3) is 5.73. The standard InChI is InChI=1S/C21H32O2Si/c1-18(2)24(19(3)4,23-17-9-13-21-14-15-21)22-16-8-12-20-10-6-5-7-11-20/h5-13,18-19,21H,14-17H2,1-4H3/b12-8+,13-9+. The molecular weight excluding hydrogens is 312 g/mol. The molecule has 1 aromatic carbocycles. The number of hydrogen-bond donors (Lipinski definition) is 0. The van der Waals surface area contributed by atoms with Gasteiger partial charge in [0.1, 0.15) is 0 Å². The average molecular weight is 345 g/mol. The number of hydrogen-bond acceptors (Lipinski definition) is 2. The van der Waals surface area contributed by atoms with Crippen molar-refractivity contribution >= 4 is 14.6 Å². The summed E-state index contributed by atoms with van der Waals surface area (Å²) in [4.78, 5) is 0. The molecular formula is C21H32O2Si. The van der Waals surface area contributed by atoms with E-state index in [1.54, 1.807) is 0 Å². The fraction of sp³-hybridized carbons (Fsp3) is 0.524. The molecule has 0 saturated heterocycles. The molecule has 0 spiro atoms. The summed E-state index contributed by atoms with van der Waals surface area (Å²) < 4.78 is 12.8. The Morgan fingerprint density at radius 3 is 2.08 bits per heavy atom. The van der Waals surface area contributed by atoms with E-state index in [0.717, 1.165) is 5.92 Å². The normalized spacial score (nSPS) is 16.1. The summed E-state index contributed by atoms with van der Waals surface area (Å²) in [5, 5.41) is 0. The lowest BCUT2D eigenvalue weighted by molar-refractivity contribution is 0.184. The highest BCUT2D eigenvalue weighted by Gasteiger charge is 2.44. The molecule has 0 atom stereocenters. The van der Waals surface area contributed by atoms with Crippen molar-refractivity contribution in [2.45, 2.75) is 51.6 Å². The largest absolute Gasteiger partial charge is 0.390 e. The van der Waals surface area contributed by atoms with Gasteiger partial charge in [-0.25, -0.2) is 0 Å². The number of allylic oxidation sites excluding steroid dienone is 1. The third-order valence-electron chi connectivity index (χ3n) is 4.56. The molecule has 2 nitrogen and oxygen atoms in total. The second kappa shape index (κ2) is 9.35. The van der Waals surface area contributed by atoms with Crippen LogP contribution >= 0.6 is 0 Å². The van der Waals surface area contributed by atoms with Crippen LogP contribution in [0.2, 0.25) is 11.1 Å². The van der Waals surface area contributed by atoms with Crippen LogP contribution in [0, 0.1) is 5.92 Å². The predicted octanol–water partition coefficient (Wildman–Crippen LogP) is 5.96. The molecule has 0 heterocycles. The summed E-state index contributed by atoms with van der Waals surface area (Å²) >= 11 is 0. The van der Waals surface area contributed by atoms with Crippen molar-refractivity contribution in [1.82, 2.24) is 0 Å². The van der Waals surface area contributed by atoms with Gasteiger partial charge in [0.05, 0.1) is 13.2 Å². The summed E-state index contributed by atoms with van der Waals surface area (Å²) in [7, 11) is -2.24. The molecule has 1 saturated carbocycles. The third-order valence-corrected chi connectivity index (χ3v) is 9.01. The second-order valence-electron chi connectivity index (χ2n) is 7.23. The van der Waals surface area contributed by atoms with Crippen molar-refractivity contribution < 1.29 is 8.85 Å². The maximum absolute atomic E-state index is 6.39. The first-order valence-corrected chi connectivity index (χ1v) is 11.2. The lowest BCUT2D eigenvalue weighted by Gasteiger charge is -2.36. The van der Waals surface area contributed by atoms with Gasteiger partial charge in [-0.1, -0.05) is 82.3 Å². The molecule has 0 unspecified atom stereocenters. The van der Waals surface area contributed by atoms with Crippen LogP contribution in [-0.2, 0) is 8.85 Å². The Hall–Kier alpha value is -1.16. The fourth-order valence-corrected chi connectivity index (χ4v) is 6.48. The van der Waals surface area contributed by atoms with E-state index in [1.165, 1.54) is 18.4 Å². The van der Waals surface area contributed by atoms with Crippen molar-refractivity contribution in [3.8, 4) is 0 Å². The van der Waals surface area contributed by atoms with E-state index in [4.69, 9.17) is 8.85 Å². The minimum atomic E-state index is -2.24. The Morgan fingerprint density at radius 1 is 0.958 bits per heavy atom. The highest BCUT2D eigenvalue weighted by atomic mass is 28.4. The Kier molecular flexibility index (Phi) is 7.47. The van der Waals surface area contributed by atoms with Crippen LogP contribution in [0.15, 0.2) is 48.6 Å². The average Bonchev–Trinajstić information content (AvgIpc) is 3.38. The van der Waals surface area contributed by atoms with Gasteiger partial charge < -0.3 is 8.85 Å². The van der Waals surface area contributed by atoms with Crippen LogP contribution in [0.25, 0.3) is 6.08 Å². The quantitative estimate of drug-likeness (QED) is 0.385. The molecule has 1 fully saturated rings. The van der Waals surface area contributed by atoms with Crippen molar-refractivity contribution in [2.24, 2.45) is 5.92 Å². The van der Waals surface area contributed by atoms with Crippen LogP contribution in [0.1, 0.15) is 46.1 Å². The van der Waals surface area contributed by atoms with Gasteiger partial charge in [-0.05, 0) is 35.4 Å². The molecule has 0 aromatic heterocycles. The van der Waals surface area contributed by atoms with Crippen molar-refractivity contribution in [2.75, 3.05) is 13.2 Å². The van der Waals surface area contributed by atoms with Gasteiger partial charge in [0.2, 0.25) is 0 Å². The summed E-state index contributed by atoms with van der Waals surface area (Å²) in [6, 6.07) is 10.3. The molecule has 0 bridgehead atoms. The summed E-state index contributed by atoms with van der Waals surface area (Å²) in [5.74, 6) is 0.803. The molecule has 132 valence electrons. The number of benzene rings is 1. The van der Waals surface area contributed by atoms with Crippen LogP contribution in [0.4, 0.5) is 0 Å². The maximum atomic E-state index is 6.39. The van der Waals surface area contributed by atoms with Gasteiger partial charge in [-0.15, -0.1) is 0 Å². The fourth-order valence-electron chi connectivity index (χ4n) is 3.02. The molecule has 2 rings (SSSR count). The molecule has 24 heavy (non-hydrogen) atoms. The van der Waals surface area contributed by atoms with Crippen LogP contribution in [0.3, 0.4) is 0 Å². The van der Waals surface area contributed by atoms with Crippen LogP contribution in [-0.4, -0.2) is 21.8 Å². The van der Waals surface area contributed by atoms with E-state index in [1.807, 2.05) is 6.07 Å². The number of rotatable bonds is 10. The zero-order chi connectivity index (χ0) is 17.4. The summed E-state index contributed by atoms with van der Waals surface area (Å²) in [6.45, 7) is 10.2.